The van der Waals surface area contributed by atoms with E-state index in [1.54, 1.807) is 24.3 Å². The average molecular weight is 597 g/mol. The van der Waals surface area contributed by atoms with Gasteiger partial charge in [0.25, 0.3) is 0 Å². The summed E-state index contributed by atoms with van der Waals surface area (Å²) in [5.74, 6) is -0.276. The zero-order chi connectivity index (χ0) is 29.5. The van der Waals surface area contributed by atoms with Crippen molar-refractivity contribution in [2.45, 2.75) is 48.2 Å². The fourth-order valence-corrected chi connectivity index (χ4v) is 6.89. The van der Waals surface area contributed by atoms with Gasteiger partial charge in [-0.25, -0.2) is 17.2 Å². The second-order valence-electron chi connectivity index (χ2n) is 11.0. The molecule has 224 valence electrons. The lowest BCUT2D eigenvalue weighted by Gasteiger charge is -2.36. The van der Waals surface area contributed by atoms with Crippen LogP contribution in [-0.4, -0.2) is 76.0 Å². The number of benzene rings is 3. The van der Waals surface area contributed by atoms with E-state index < -0.39 is 22.3 Å². The number of rotatable bonds is 10. The molecular weight excluding hydrogens is 558 g/mol. The van der Waals surface area contributed by atoms with Crippen LogP contribution in [0.15, 0.2) is 82.6 Å². The van der Waals surface area contributed by atoms with Crippen LogP contribution in [-0.2, 0) is 21.3 Å². The number of hydrogen-bond acceptors (Lipinski definition) is 6. The van der Waals surface area contributed by atoms with Crippen LogP contribution in [0.5, 0.6) is 0 Å². The molecule has 1 amide bonds. The van der Waals surface area contributed by atoms with Gasteiger partial charge in [-0.3, -0.25) is 9.69 Å². The number of halogens is 2. The van der Waals surface area contributed by atoms with Crippen molar-refractivity contribution in [1.29, 1.82) is 0 Å². The molecule has 0 atom stereocenters. The number of amides is 1. The number of carbonyl (C=O) groups is 1. The topological polar surface area (TPSA) is 73.0 Å². The number of alkyl halides is 1. The van der Waals surface area contributed by atoms with Crippen LogP contribution in [0.3, 0.4) is 0 Å². The minimum absolute atomic E-state index is 0.0577. The Kier molecular flexibility index (Phi) is 9.74. The van der Waals surface area contributed by atoms with Crippen LogP contribution < -0.4 is 10.2 Å². The van der Waals surface area contributed by atoms with Crippen molar-refractivity contribution in [2.24, 2.45) is 0 Å². The molecule has 0 radical (unpaired) electrons. The number of carbonyl (C=O) groups excluding carboxylic acids is 1. The SMILES string of the molecule is O=C(CCCN1CCN(c2ccc(CF)cc2)CC1)N1CCC(Nc2ccc(S(=O)(=O)c3ccc(F)cc3)cc2)CC1. The molecule has 5 rings (SSSR count). The maximum absolute atomic E-state index is 13.2. The van der Waals surface area contributed by atoms with Crippen molar-refractivity contribution < 1.29 is 22.0 Å². The number of piperidine rings is 1. The largest absolute Gasteiger partial charge is 0.382 e. The summed E-state index contributed by atoms with van der Waals surface area (Å²) in [4.78, 5) is 19.7. The molecule has 3 aromatic rings. The van der Waals surface area contributed by atoms with Gasteiger partial charge in [0.1, 0.15) is 12.5 Å². The number of nitrogens with zero attached hydrogens (tertiary/aromatic N) is 3. The Labute approximate surface area is 247 Å². The van der Waals surface area contributed by atoms with Crippen LogP contribution in [0, 0.1) is 5.82 Å². The Morgan fingerprint density at radius 3 is 2.00 bits per heavy atom. The van der Waals surface area contributed by atoms with Crippen LogP contribution in [0.1, 0.15) is 31.2 Å². The average Bonchev–Trinajstić information content (AvgIpc) is 3.02. The highest BCUT2D eigenvalue weighted by molar-refractivity contribution is 7.91. The van der Waals surface area contributed by atoms with Gasteiger partial charge in [0.05, 0.1) is 9.79 Å². The third kappa shape index (κ3) is 7.46. The normalized spacial score (nSPS) is 16.9. The van der Waals surface area contributed by atoms with Gasteiger partial charge in [0, 0.05) is 63.1 Å². The number of piperazine rings is 1. The van der Waals surface area contributed by atoms with E-state index in [0.29, 0.717) is 25.1 Å². The Morgan fingerprint density at radius 2 is 1.40 bits per heavy atom. The lowest BCUT2D eigenvalue weighted by molar-refractivity contribution is -0.132. The molecular formula is C32H38F2N4O3S. The summed E-state index contributed by atoms with van der Waals surface area (Å²) in [5.41, 5.74) is 2.66. The summed E-state index contributed by atoms with van der Waals surface area (Å²) < 4.78 is 51.5. The van der Waals surface area contributed by atoms with Gasteiger partial charge in [-0.2, -0.15) is 0 Å². The molecule has 1 N–H and O–H groups in total. The smallest absolute Gasteiger partial charge is 0.222 e. The molecule has 10 heteroatoms. The number of nitrogens with one attached hydrogen (secondary N) is 1. The molecule has 0 saturated carbocycles. The summed E-state index contributed by atoms with van der Waals surface area (Å²) in [6, 6.07) is 19.3. The van der Waals surface area contributed by atoms with E-state index in [-0.39, 0.29) is 21.7 Å². The monoisotopic (exact) mass is 596 g/mol. The first kappa shape index (κ1) is 30.0. The van der Waals surface area contributed by atoms with E-state index in [0.717, 1.165) is 75.5 Å². The molecule has 7 nitrogen and oxygen atoms in total. The Hall–Kier alpha value is -3.50. The molecule has 0 aromatic heterocycles. The molecule has 0 aliphatic carbocycles. The molecule has 0 spiro atoms. The number of sulfone groups is 1. The molecule has 42 heavy (non-hydrogen) atoms. The van der Waals surface area contributed by atoms with E-state index in [2.05, 4.69) is 15.1 Å². The number of hydrogen-bond donors (Lipinski definition) is 1. The molecule has 0 bridgehead atoms. The van der Waals surface area contributed by atoms with E-state index in [9.17, 15) is 22.0 Å². The lowest BCUT2D eigenvalue weighted by Crippen LogP contribution is -2.47. The summed E-state index contributed by atoms with van der Waals surface area (Å²) in [6.07, 6.45) is 3.05. The van der Waals surface area contributed by atoms with Crippen LogP contribution in [0.2, 0.25) is 0 Å². The van der Waals surface area contributed by atoms with E-state index in [4.69, 9.17) is 0 Å². The number of likely N-dealkylation sites (tertiary alicyclic amines) is 1. The second-order valence-corrected chi connectivity index (χ2v) is 13.0. The first-order valence-corrected chi connectivity index (χ1v) is 16.1. The van der Waals surface area contributed by atoms with Gasteiger partial charge in [0.2, 0.25) is 15.7 Å². The highest BCUT2D eigenvalue weighted by atomic mass is 32.2. The summed E-state index contributed by atoms with van der Waals surface area (Å²) >= 11 is 0. The van der Waals surface area contributed by atoms with Gasteiger partial charge in [-0.15, -0.1) is 0 Å². The minimum atomic E-state index is -3.71. The second kappa shape index (κ2) is 13.6. The summed E-state index contributed by atoms with van der Waals surface area (Å²) in [5, 5.41) is 3.46. The molecule has 2 saturated heterocycles. The maximum Gasteiger partial charge on any atom is 0.222 e. The predicted molar refractivity (Wildman–Crippen MR) is 161 cm³/mol. The van der Waals surface area contributed by atoms with Crippen molar-refractivity contribution in [1.82, 2.24) is 9.80 Å². The predicted octanol–water partition coefficient (Wildman–Crippen LogP) is 5.13. The Balaban J connectivity index is 1.00. The van der Waals surface area contributed by atoms with Gasteiger partial charge in [-0.1, -0.05) is 12.1 Å². The molecule has 2 fully saturated rings. The van der Waals surface area contributed by atoms with E-state index in [1.807, 2.05) is 29.2 Å². The van der Waals surface area contributed by atoms with Crippen molar-refractivity contribution in [3.63, 3.8) is 0 Å². The van der Waals surface area contributed by atoms with Crippen molar-refractivity contribution in [3.05, 3.63) is 84.2 Å². The van der Waals surface area contributed by atoms with Gasteiger partial charge < -0.3 is 15.1 Å². The summed E-state index contributed by atoms with van der Waals surface area (Å²) in [7, 11) is -3.71. The van der Waals surface area contributed by atoms with Gasteiger partial charge in [0.15, 0.2) is 0 Å². The maximum atomic E-state index is 13.2. The van der Waals surface area contributed by atoms with Gasteiger partial charge in [-0.05, 0) is 92.0 Å². The zero-order valence-corrected chi connectivity index (χ0v) is 24.5. The fourth-order valence-electron chi connectivity index (χ4n) is 5.63. The van der Waals surface area contributed by atoms with Crippen molar-refractivity contribution in [3.8, 4) is 0 Å². The highest BCUT2D eigenvalue weighted by Crippen LogP contribution is 2.24. The quantitative estimate of drug-likeness (QED) is 0.327. The Bertz CT molecular complexity index is 1420. The van der Waals surface area contributed by atoms with Crippen molar-refractivity contribution in [2.75, 3.05) is 56.0 Å². The van der Waals surface area contributed by atoms with Crippen molar-refractivity contribution >= 4 is 27.1 Å². The Morgan fingerprint density at radius 1 is 0.810 bits per heavy atom. The van der Waals surface area contributed by atoms with E-state index >= 15 is 0 Å². The van der Waals surface area contributed by atoms with Gasteiger partial charge >= 0.3 is 0 Å². The molecule has 2 aliphatic heterocycles. The third-order valence-corrected chi connectivity index (χ3v) is 9.99. The van der Waals surface area contributed by atoms with Crippen LogP contribution in [0.4, 0.5) is 20.2 Å². The molecule has 3 aromatic carbocycles. The third-order valence-electron chi connectivity index (χ3n) is 8.20. The van der Waals surface area contributed by atoms with Crippen LogP contribution in [0.25, 0.3) is 0 Å². The first-order valence-electron chi connectivity index (χ1n) is 14.6. The lowest BCUT2D eigenvalue weighted by atomic mass is 10.0. The number of anilines is 2. The molecule has 2 heterocycles. The zero-order valence-electron chi connectivity index (χ0n) is 23.7. The van der Waals surface area contributed by atoms with Crippen LogP contribution >= 0.6 is 0 Å². The fraction of sp³-hybridized carbons (Fsp3) is 0.406. The van der Waals surface area contributed by atoms with E-state index in [1.165, 1.54) is 12.1 Å². The summed E-state index contributed by atoms with van der Waals surface area (Å²) in [6.45, 7) is 5.64. The molecule has 0 unspecified atom stereocenters. The minimum Gasteiger partial charge on any atom is -0.382 e. The highest BCUT2D eigenvalue weighted by Gasteiger charge is 2.24. The molecule has 2 aliphatic rings. The standard InChI is InChI=1S/C32H38F2N4O3S/c33-24-25-3-9-29(10-4-25)37-22-20-36(21-23-37)17-1-2-32(39)38-18-15-28(16-19-38)35-27-7-13-31(14-8-27)42(40,41)30-11-5-26(34)6-12-30/h3-14,28,35H,1-2,15-24H2. The first-order chi connectivity index (χ1) is 20.3.